The molecule has 0 saturated heterocycles. The van der Waals surface area contributed by atoms with Crippen LogP contribution in [-0.4, -0.2) is 9.97 Å². The predicted molar refractivity (Wildman–Crippen MR) is 86.0 cm³/mol. The minimum absolute atomic E-state index is 0.565. The van der Waals surface area contributed by atoms with Gasteiger partial charge in [0.2, 0.25) is 0 Å². The zero-order valence-electron chi connectivity index (χ0n) is 12.0. The van der Waals surface area contributed by atoms with Crippen molar-refractivity contribution in [3.63, 3.8) is 0 Å². The average Bonchev–Trinajstić information content (AvgIpc) is 2.41. The minimum atomic E-state index is 0.565. The van der Waals surface area contributed by atoms with Gasteiger partial charge in [0.25, 0.3) is 0 Å². The van der Waals surface area contributed by atoms with Gasteiger partial charge in [-0.25, -0.2) is 4.98 Å². The van der Waals surface area contributed by atoms with E-state index in [2.05, 4.69) is 46.7 Å². The molecule has 106 valence electrons. The van der Waals surface area contributed by atoms with E-state index >= 15 is 0 Å². The molecule has 2 nitrogen and oxygen atoms in total. The van der Waals surface area contributed by atoms with Gasteiger partial charge in [0.1, 0.15) is 10.5 Å². The van der Waals surface area contributed by atoms with E-state index in [9.17, 15) is 0 Å². The average molecular weight is 343 g/mol. The second kappa shape index (κ2) is 6.49. The Labute approximate surface area is 129 Å². The number of aryl methyl sites for hydroxylation is 1. The maximum absolute atomic E-state index is 5.35. The Balaban J connectivity index is 2.16. The van der Waals surface area contributed by atoms with Crippen LogP contribution >= 0.6 is 28.1 Å². The minimum Gasteiger partial charge on any atom is -0.346 e. The van der Waals surface area contributed by atoms with Gasteiger partial charge in [-0.1, -0.05) is 33.0 Å². The number of aromatic nitrogens is 2. The van der Waals surface area contributed by atoms with Crippen LogP contribution in [0.25, 0.3) is 0 Å². The van der Waals surface area contributed by atoms with Crippen molar-refractivity contribution in [1.29, 1.82) is 0 Å². The third kappa shape index (κ3) is 3.46. The van der Waals surface area contributed by atoms with E-state index in [4.69, 9.17) is 12.2 Å². The van der Waals surface area contributed by atoms with Crippen molar-refractivity contribution in [2.24, 2.45) is 11.8 Å². The molecular weight excluding hydrogens is 320 g/mol. The van der Waals surface area contributed by atoms with Gasteiger partial charge in [0, 0.05) is 11.6 Å². The lowest BCUT2D eigenvalue weighted by atomic mass is 9.77. The van der Waals surface area contributed by atoms with E-state index < -0.39 is 0 Å². The Hall–Kier alpha value is -0.220. The number of rotatable bonds is 3. The normalized spacial score (nSPS) is 23.8. The largest absolute Gasteiger partial charge is 0.346 e. The number of nitrogens with zero attached hydrogens (tertiary/aromatic N) is 1. The van der Waals surface area contributed by atoms with Crippen LogP contribution in [0.4, 0.5) is 0 Å². The van der Waals surface area contributed by atoms with E-state index in [1.807, 2.05) is 0 Å². The molecule has 0 radical (unpaired) electrons. The van der Waals surface area contributed by atoms with Crippen molar-refractivity contribution < 1.29 is 0 Å². The predicted octanol–water partition coefficient (Wildman–Crippen LogP) is 5.39. The summed E-state index contributed by atoms with van der Waals surface area (Å²) >= 11 is 8.88. The van der Waals surface area contributed by atoms with Crippen LogP contribution in [0.5, 0.6) is 0 Å². The molecule has 0 amide bonds. The highest BCUT2D eigenvalue weighted by molar-refractivity contribution is 9.10. The Morgan fingerprint density at radius 3 is 2.47 bits per heavy atom. The third-order valence-corrected chi connectivity index (χ3v) is 5.82. The topological polar surface area (TPSA) is 28.7 Å². The zero-order chi connectivity index (χ0) is 14.0. The second-order valence-corrected chi connectivity index (χ2v) is 7.11. The molecule has 4 heteroatoms. The van der Waals surface area contributed by atoms with E-state index in [0.29, 0.717) is 10.6 Å². The first-order chi connectivity index (χ1) is 9.02. The lowest BCUT2D eigenvalue weighted by Gasteiger charge is -2.30. The molecule has 2 rings (SSSR count). The molecule has 1 saturated carbocycles. The zero-order valence-corrected chi connectivity index (χ0v) is 14.4. The summed E-state index contributed by atoms with van der Waals surface area (Å²) in [6, 6.07) is 0. The third-order valence-electron chi connectivity index (χ3n) is 4.41. The van der Waals surface area contributed by atoms with E-state index in [0.717, 1.165) is 28.6 Å². The molecule has 0 unspecified atom stereocenters. The summed E-state index contributed by atoms with van der Waals surface area (Å²) in [7, 11) is 0. The first-order valence-corrected chi connectivity index (χ1v) is 8.51. The lowest BCUT2D eigenvalue weighted by Crippen LogP contribution is -2.19. The van der Waals surface area contributed by atoms with Gasteiger partial charge in [-0.2, -0.15) is 0 Å². The molecular formula is C15H23BrN2S. The van der Waals surface area contributed by atoms with Crippen molar-refractivity contribution in [3.05, 3.63) is 20.6 Å². The molecule has 0 aliphatic heterocycles. The van der Waals surface area contributed by atoms with E-state index in [1.165, 1.54) is 31.4 Å². The molecule has 1 fully saturated rings. The molecule has 19 heavy (non-hydrogen) atoms. The standard InChI is InChI=1S/C15H23BrN2S/c1-4-12-13(16)15(19)18-14(17-12)11-7-5-10(6-8-11)9(2)3/h9-11H,4-8H2,1-3H3,(H,17,18,19). The van der Waals surface area contributed by atoms with Crippen LogP contribution in [0.3, 0.4) is 0 Å². The van der Waals surface area contributed by atoms with Gasteiger partial charge in [-0.15, -0.1) is 0 Å². The smallest absolute Gasteiger partial charge is 0.144 e. The van der Waals surface area contributed by atoms with Gasteiger partial charge in [0.05, 0.1) is 4.47 Å². The fourth-order valence-corrected chi connectivity index (χ4v) is 3.71. The van der Waals surface area contributed by atoms with Crippen LogP contribution in [0.1, 0.15) is 63.9 Å². The van der Waals surface area contributed by atoms with Gasteiger partial charge < -0.3 is 4.98 Å². The summed E-state index contributed by atoms with van der Waals surface area (Å²) in [6.07, 6.45) is 6.09. The van der Waals surface area contributed by atoms with Crippen molar-refractivity contribution in [1.82, 2.24) is 9.97 Å². The fourth-order valence-electron chi connectivity index (χ4n) is 3.02. The molecule has 0 bridgehead atoms. The molecule has 1 aliphatic rings. The number of H-pyrrole nitrogens is 1. The highest BCUT2D eigenvalue weighted by Gasteiger charge is 2.25. The SMILES string of the molecule is CCc1[nH]c(C2CCC(C(C)C)CC2)nc(=S)c1Br. The van der Waals surface area contributed by atoms with Crippen molar-refractivity contribution in [2.45, 2.75) is 58.8 Å². The lowest BCUT2D eigenvalue weighted by molar-refractivity contribution is 0.254. The van der Waals surface area contributed by atoms with Crippen LogP contribution in [0, 0.1) is 16.5 Å². The Morgan fingerprint density at radius 1 is 1.32 bits per heavy atom. The molecule has 1 aromatic heterocycles. The van der Waals surface area contributed by atoms with Gasteiger partial charge in [0.15, 0.2) is 0 Å². The van der Waals surface area contributed by atoms with Crippen LogP contribution < -0.4 is 0 Å². The molecule has 0 aromatic carbocycles. The van der Waals surface area contributed by atoms with Crippen molar-refractivity contribution in [2.75, 3.05) is 0 Å². The fraction of sp³-hybridized carbons (Fsp3) is 0.733. The quantitative estimate of drug-likeness (QED) is 0.745. The first-order valence-electron chi connectivity index (χ1n) is 7.31. The number of hydrogen-bond donors (Lipinski definition) is 1. The van der Waals surface area contributed by atoms with E-state index in [1.54, 1.807) is 0 Å². The molecule has 1 N–H and O–H groups in total. The summed E-state index contributed by atoms with van der Waals surface area (Å²) in [4.78, 5) is 8.08. The molecule has 1 heterocycles. The molecule has 1 aliphatic carbocycles. The van der Waals surface area contributed by atoms with Gasteiger partial charge >= 0.3 is 0 Å². The Kier molecular flexibility index (Phi) is 5.18. The maximum Gasteiger partial charge on any atom is 0.144 e. The monoisotopic (exact) mass is 342 g/mol. The van der Waals surface area contributed by atoms with Crippen molar-refractivity contribution in [3.8, 4) is 0 Å². The van der Waals surface area contributed by atoms with Crippen LogP contribution in [0.15, 0.2) is 4.47 Å². The summed E-state index contributed by atoms with van der Waals surface area (Å²) in [5, 5.41) is 0. The van der Waals surface area contributed by atoms with Crippen molar-refractivity contribution >= 4 is 28.1 Å². The second-order valence-electron chi connectivity index (χ2n) is 5.93. The number of aromatic amines is 1. The highest BCUT2D eigenvalue weighted by atomic mass is 79.9. The summed E-state index contributed by atoms with van der Waals surface area (Å²) in [6.45, 7) is 6.82. The number of halogens is 1. The first kappa shape index (κ1) is 15.2. The van der Waals surface area contributed by atoms with Gasteiger partial charge in [-0.3, -0.25) is 0 Å². The number of nitrogens with one attached hydrogen (secondary N) is 1. The highest BCUT2D eigenvalue weighted by Crippen LogP contribution is 2.37. The summed E-state index contributed by atoms with van der Waals surface area (Å²) < 4.78 is 1.67. The summed E-state index contributed by atoms with van der Waals surface area (Å²) in [5.41, 5.74) is 1.18. The maximum atomic E-state index is 5.35. The summed E-state index contributed by atoms with van der Waals surface area (Å²) in [5.74, 6) is 3.37. The van der Waals surface area contributed by atoms with E-state index in [-0.39, 0.29) is 0 Å². The molecule has 0 spiro atoms. The number of hydrogen-bond acceptors (Lipinski definition) is 2. The van der Waals surface area contributed by atoms with Gasteiger partial charge in [-0.05, 0) is 59.9 Å². The van der Waals surface area contributed by atoms with Crippen LogP contribution in [0.2, 0.25) is 0 Å². The Bertz CT molecular complexity index is 487. The molecule has 0 atom stereocenters. The van der Waals surface area contributed by atoms with Crippen LogP contribution in [-0.2, 0) is 6.42 Å². The molecule has 1 aromatic rings. The Morgan fingerprint density at radius 2 is 1.95 bits per heavy atom.